The molecule has 0 bridgehead atoms. The molecular weight excluding hydrogens is 381 g/mol. The highest BCUT2D eigenvalue weighted by atomic mass is 35.5. The van der Waals surface area contributed by atoms with E-state index in [-0.39, 0.29) is 10.6 Å². The Morgan fingerprint density at radius 3 is 2.70 bits per heavy atom. The Labute approximate surface area is 159 Å². The summed E-state index contributed by atoms with van der Waals surface area (Å²) in [5.41, 5.74) is 0.880. The van der Waals surface area contributed by atoms with Crippen LogP contribution in [0.1, 0.15) is 41.1 Å². The molecule has 1 fully saturated rings. The fourth-order valence-corrected chi connectivity index (χ4v) is 3.83. The minimum absolute atomic E-state index is 0.167. The number of aliphatic carboxylic acids is 1. The number of aromatic nitrogens is 1. The maximum absolute atomic E-state index is 13.3. The number of hydrogen-bond acceptors (Lipinski definition) is 3. The highest BCUT2D eigenvalue weighted by molar-refractivity contribution is 6.31. The Bertz CT molecular complexity index is 857. The van der Waals surface area contributed by atoms with E-state index in [1.54, 1.807) is 30.3 Å². The molecule has 1 saturated heterocycles. The summed E-state index contributed by atoms with van der Waals surface area (Å²) in [6.45, 7) is 2.25. The van der Waals surface area contributed by atoms with Crippen LogP contribution >= 0.6 is 11.6 Å². The average molecular weight is 399 g/mol. The third-order valence-corrected chi connectivity index (χ3v) is 5.23. The van der Waals surface area contributed by atoms with Crippen molar-refractivity contribution in [3.05, 3.63) is 63.9 Å². The van der Waals surface area contributed by atoms with E-state index >= 15 is 0 Å². The summed E-state index contributed by atoms with van der Waals surface area (Å²) in [6.07, 6.45) is -0.284. The van der Waals surface area contributed by atoms with E-state index in [1.807, 2.05) is 0 Å². The lowest BCUT2D eigenvalue weighted by Crippen LogP contribution is -2.39. The maximum Gasteiger partial charge on any atom is 0.416 e. The molecule has 1 aliphatic heterocycles. The van der Waals surface area contributed by atoms with Crippen molar-refractivity contribution in [1.82, 2.24) is 9.88 Å². The van der Waals surface area contributed by atoms with Gasteiger partial charge in [0.25, 0.3) is 0 Å². The molecule has 1 aromatic carbocycles. The van der Waals surface area contributed by atoms with Gasteiger partial charge in [-0.1, -0.05) is 11.6 Å². The van der Waals surface area contributed by atoms with Gasteiger partial charge in [-0.3, -0.25) is 14.7 Å². The van der Waals surface area contributed by atoms with Crippen molar-refractivity contribution < 1.29 is 23.1 Å². The van der Waals surface area contributed by atoms with Crippen LogP contribution in [0.5, 0.6) is 0 Å². The van der Waals surface area contributed by atoms with Crippen molar-refractivity contribution >= 4 is 17.6 Å². The molecule has 27 heavy (non-hydrogen) atoms. The maximum atomic E-state index is 13.3. The number of pyridine rings is 1. The van der Waals surface area contributed by atoms with Crippen LogP contribution in [0, 0.1) is 6.92 Å². The van der Waals surface area contributed by atoms with E-state index < -0.39 is 29.8 Å². The molecule has 2 unspecified atom stereocenters. The summed E-state index contributed by atoms with van der Waals surface area (Å²) < 4.78 is 39.8. The molecule has 4 nitrogen and oxygen atoms in total. The molecule has 2 heterocycles. The van der Waals surface area contributed by atoms with Gasteiger partial charge in [-0.15, -0.1) is 0 Å². The number of carboxylic acid groups (broad SMARTS) is 1. The van der Waals surface area contributed by atoms with Crippen LogP contribution in [0.4, 0.5) is 13.2 Å². The topological polar surface area (TPSA) is 53.4 Å². The standard InChI is InChI=1S/C19H18ClF3N2O2/c1-11-10-24-7-6-13(11)17(25-8-2-3-16(25)18(26)27)14-9-12(19(21,22)23)4-5-15(14)20/h4-7,9-10,16-17H,2-3,8H2,1H3,(H,26,27). The van der Waals surface area contributed by atoms with E-state index in [9.17, 15) is 23.1 Å². The second-order valence-electron chi connectivity index (χ2n) is 6.60. The first-order valence-electron chi connectivity index (χ1n) is 8.46. The Kier molecular flexibility index (Phi) is 5.44. The molecule has 2 aromatic rings. The Balaban J connectivity index is 2.20. The first-order valence-corrected chi connectivity index (χ1v) is 8.83. The zero-order valence-corrected chi connectivity index (χ0v) is 15.3. The van der Waals surface area contributed by atoms with Gasteiger partial charge in [0.05, 0.1) is 11.6 Å². The predicted molar refractivity (Wildman–Crippen MR) is 94.6 cm³/mol. The number of carbonyl (C=O) groups is 1. The minimum Gasteiger partial charge on any atom is -0.480 e. The number of benzene rings is 1. The molecule has 8 heteroatoms. The minimum atomic E-state index is -4.52. The third-order valence-electron chi connectivity index (χ3n) is 4.89. The Morgan fingerprint density at radius 1 is 1.33 bits per heavy atom. The lowest BCUT2D eigenvalue weighted by molar-refractivity contribution is -0.143. The molecular formula is C19H18ClF3N2O2. The lowest BCUT2D eigenvalue weighted by atomic mass is 9.92. The summed E-state index contributed by atoms with van der Waals surface area (Å²) >= 11 is 6.29. The molecule has 0 spiro atoms. The molecule has 0 radical (unpaired) electrons. The largest absolute Gasteiger partial charge is 0.480 e. The molecule has 0 amide bonds. The number of aryl methyl sites for hydroxylation is 1. The number of rotatable bonds is 4. The van der Waals surface area contributed by atoms with E-state index in [0.717, 1.165) is 17.7 Å². The number of hydrogen-bond donors (Lipinski definition) is 1. The van der Waals surface area contributed by atoms with Gasteiger partial charge in [0.2, 0.25) is 0 Å². The average Bonchev–Trinajstić information content (AvgIpc) is 3.07. The van der Waals surface area contributed by atoms with E-state index in [0.29, 0.717) is 24.9 Å². The second-order valence-corrected chi connectivity index (χ2v) is 7.01. The van der Waals surface area contributed by atoms with Crippen molar-refractivity contribution in [2.24, 2.45) is 0 Å². The summed E-state index contributed by atoms with van der Waals surface area (Å²) in [5, 5.41) is 9.75. The van der Waals surface area contributed by atoms with Crippen LogP contribution in [0.3, 0.4) is 0 Å². The van der Waals surface area contributed by atoms with Gasteiger partial charge in [-0.05, 0) is 60.7 Å². The number of alkyl halides is 3. The summed E-state index contributed by atoms with van der Waals surface area (Å²) in [7, 11) is 0. The third kappa shape index (κ3) is 3.94. The van der Waals surface area contributed by atoms with Crippen LogP contribution in [-0.2, 0) is 11.0 Å². The van der Waals surface area contributed by atoms with E-state index in [1.165, 1.54) is 6.07 Å². The second kappa shape index (κ2) is 7.48. The number of carboxylic acids is 1. The molecule has 0 aliphatic carbocycles. The van der Waals surface area contributed by atoms with E-state index in [4.69, 9.17) is 11.6 Å². The van der Waals surface area contributed by atoms with Crippen molar-refractivity contribution in [3.8, 4) is 0 Å². The molecule has 1 aliphatic rings. The van der Waals surface area contributed by atoms with Crippen LogP contribution in [0.25, 0.3) is 0 Å². The monoisotopic (exact) mass is 398 g/mol. The highest BCUT2D eigenvalue weighted by Gasteiger charge is 2.39. The molecule has 144 valence electrons. The molecule has 1 aromatic heterocycles. The van der Waals surface area contributed by atoms with Crippen molar-refractivity contribution in [3.63, 3.8) is 0 Å². The van der Waals surface area contributed by atoms with E-state index in [2.05, 4.69) is 4.98 Å². The molecule has 2 atom stereocenters. The predicted octanol–water partition coefficient (Wildman–Crippen LogP) is 4.70. The van der Waals surface area contributed by atoms with Crippen LogP contribution in [0.15, 0.2) is 36.7 Å². The number of nitrogens with zero attached hydrogens (tertiary/aromatic N) is 2. The van der Waals surface area contributed by atoms with Gasteiger partial charge in [0.15, 0.2) is 0 Å². The smallest absolute Gasteiger partial charge is 0.416 e. The Hall–Kier alpha value is -2.12. The zero-order valence-electron chi connectivity index (χ0n) is 14.5. The van der Waals surface area contributed by atoms with Gasteiger partial charge < -0.3 is 5.11 Å². The summed E-state index contributed by atoms with van der Waals surface area (Å²) in [6, 6.07) is 3.38. The number of halogens is 4. The SMILES string of the molecule is Cc1cnccc1C(c1cc(C(F)(F)F)ccc1Cl)N1CCCC1C(=O)O. The number of likely N-dealkylation sites (tertiary alicyclic amines) is 1. The van der Waals surface area contributed by atoms with Crippen LogP contribution < -0.4 is 0 Å². The van der Waals surface area contributed by atoms with Gasteiger partial charge in [-0.2, -0.15) is 13.2 Å². The van der Waals surface area contributed by atoms with Crippen LogP contribution in [-0.4, -0.2) is 33.5 Å². The van der Waals surface area contributed by atoms with Crippen molar-refractivity contribution in [2.75, 3.05) is 6.54 Å². The lowest BCUT2D eigenvalue weighted by Gasteiger charge is -2.33. The highest BCUT2D eigenvalue weighted by Crippen LogP contribution is 2.41. The van der Waals surface area contributed by atoms with Gasteiger partial charge in [0, 0.05) is 24.0 Å². The zero-order chi connectivity index (χ0) is 19.8. The first kappa shape index (κ1) is 19.6. The van der Waals surface area contributed by atoms with Gasteiger partial charge in [-0.25, -0.2) is 0 Å². The van der Waals surface area contributed by atoms with Crippen molar-refractivity contribution in [2.45, 2.75) is 38.0 Å². The van der Waals surface area contributed by atoms with Crippen LogP contribution in [0.2, 0.25) is 5.02 Å². The molecule has 0 saturated carbocycles. The quantitative estimate of drug-likeness (QED) is 0.811. The Morgan fingerprint density at radius 2 is 2.07 bits per heavy atom. The van der Waals surface area contributed by atoms with Gasteiger partial charge >= 0.3 is 12.1 Å². The fraction of sp³-hybridized carbons (Fsp3) is 0.368. The fourth-order valence-electron chi connectivity index (χ4n) is 3.61. The molecule has 1 N–H and O–H groups in total. The van der Waals surface area contributed by atoms with Crippen molar-refractivity contribution in [1.29, 1.82) is 0 Å². The summed E-state index contributed by atoms with van der Waals surface area (Å²) in [5.74, 6) is -0.993. The molecule has 3 rings (SSSR count). The normalized spacial score (nSPS) is 19.2. The summed E-state index contributed by atoms with van der Waals surface area (Å²) in [4.78, 5) is 17.5. The first-order chi connectivity index (χ1) is 12.7. The van der Waals surface area contributed by atoms with Gasteiger partial charge in [0.1, 0.15) is 6.04 Å².